The van der Waals surface area contributed by atoms with Gasteiger partial charge in [0.05, 0.1) is 17.3 Å². The van der Waals surface area contributed by atoms with Gasteiger partial charge in [-0.2, -0.15) is 0 Å². The summed E-state index contributed by atoms with van der Waals surface area (Å²) in [6.07, 6.45) is 1.11. The molecule has 0 spiro atoms. The number of carbonyl (C=O) groups is 1. The third-order valence-electron chi connectivity index (χ3n) is 3.01. The van der Waals surface area contributed by atoms with Gasteiger partial charge in [-0.25, -0.2) is 0 Å². The summed E-state index contributed by atoms with van der Waals surface area (Å²) in [7, 11) is 1.95. The summed E-state index contributed by atoms with van der Waals surface area (Å²) in [4.78, 5) is 13.9. The van der Waals surface area contributed by atoms with E-state index < -0.39 is 0 Å². The molecular weight excluding hydrogens is 262 g/mol. The number of nitrogens with zero attached hydrogens (tertiary/aromatic N) is 1. The molecule has 1 unspecified atom stereocenters. The minimum Gasteiger partial charge on any atom is -0.397 e. The van der Waals surface area contributed by atoms with Crippen LogP contribution in [0.1, 0.15) is 20.3 Å². The van der Waals surface area contributed by atoms with Crippen molar-refractivity contribution in [1.29, 1.82) is 0 Å². The third-order valence-corrected chi connectivity index (χ3v) is 3.36. The molecule has 19 heavy (non-hydrogen) atoms. The highest BCUT2D eigenvalue weighted by Crippen LogP contribution is 2.22. The number of amides is 1. The molecule has 0 aliphatic heterocycles. The number of benzene rings is 1. The maximum absolute atomic E-state index is 11.9. The summed E-state index contributed by atoms with van der Waals surface area (Å²) in [5.74, 6) is 0.538. The average molecular weight is 284 g/mol. The average Bonchev–Trinajstić information content (AvgIpc) is 2.33. The van der Waals surface area contributed by atoms with Crippen molar-refractivity contribution >= 4 is 28.9 Å². The molecule has 3 N–H and O–H groups in total. The Kier molecular flexibility index (Phi) is 6.12. The monoisotopic (exact) mass is 283 g/mol. The smallest absolute Gasteiger partial charge is 0.238 e. The second-order valence-corrected chi connectivity index (χ2v) is 5.40. The Labute approximate surface area is 119 Å². The van der Waals surface area contributed by atoms with Gasteiger partial charge in [-0.1, -0.05) is 31.9 Å². The van der Waals surface area contributed by atoms with E-state index >= 15 is 0 Å². The first-order valence-electron chi connectivity index (χ1n) is 6.45. The van der Waals surface area contributed by atoms with E-state index in [1.165, 1.54) is 0 Å². The Balaban J connectivity index is 2.48. The van der Waals surface area contributed by atoms with Crippen molar-refractivity contribution < 1.29 is 4.79 Å². The van der Waals surface area contributed by atoms with Gasteiger partial charge >= 0.3 is 0 Å². The number of hydrogen-bond donors (Lipinski definition) is 2. The fourth-order valence-electron chi connectivity index (χ4n) is 1.79. The predicted octanol–water partition coefficient (Wildman–Crippen LogP) is 2.84. The van der Waals surface area contributed by atoms with E-state index in [1.54, 1.807) is 18.2 Å². The van der Waals surface area contributed by atoms with Gasteiger partial charge in [0.25, 0.3) is 0 Å². The molecule has 1 aromatic carbocycles. The lowest BCUT2D eigenvalue weighted by molar-refractivity contribution is -0.117. The van der Waals surface area contributed by atoms with E-state index in [9.17, 15) is 4.79 Å². The van der Waals surface area contributed by atoms with Crippen LogP contribution >= 0.6 is 11.6 Å². The highest BCUT2D eigenvalue weighted by Gasteiger charge is 2.10. The molecular formula is C14H22ClN3O. The summed E-state index contributed by atoms with van der Waals surface area (Å²) < 4.78 is 0. The van der Waals surface area contributed by atoms with Crippen molar-refractivity contribution in [2.75, 3.05) is 31.2 Å². The zero-order chi connectivity index (χ0) is 14.4. The Morgan fingerprint density at radius 1 is 1.53 bits per heavy atom. The topological polar surface area (TPSA) is 58.4 Å². The van der Waals surface area contributed by atoms with E-state index in [2.05, 4.69) is 19.2 Å². The van der Waals surface area contributed by atoms with Crippen molar-refractivity contribution in [3.05, 3.63) is 23.2 Å². The van der Waals surface area contributed by atoms with E-state index in [0.717, 1.165) is 13.0 Å². The lowest BCUT2D eigenvalue weighted by Crippen LogP contribution is -2.33. The predicted molar refractivity (Wildman–Crippen MR) is 81.4 cm³/mol. The van der Waals surface area contributed by atoms with Gasteiger partial charge < -0.3 is 11.1 Å². The second-order valence-electron chi connectivity index (χ2n) is 4.99. The number of carbonyl (C=O) groups excluding carboxylic acids is 1. The van der Waals surface area contributed by atoms with Gasteiger partial charge in [0.2, 0.25) is 5.91 Å². The first-order valence-corrected chi connectivity index (χ1v) is 6.83. The van der Waals surface area contributed by atoms with Crippen LogP contribution in [0.3, 0.4) is 0 Å². The standard InChI is InChI=1S/C14H22ClN3O/c1-4-10(2)8-18(3)9-14(19)17-11-5-6-12(15)13(16)7-11/h5-7,10H,4,8-9,16H2,1-3H3,(H,17,19). The van der Waals surface area contributed by atoms with Gasteiger partial charge in [0.15, 0.2) is 0 Å². The van der Waals surface area contributed by atoms with Gasteiger partial charge in [-0.15, -0.1) is 0 Å². The summed E-state index contributed by atoms with van der Waals surface area (Å²) in [6, 6.07) is 5.08. The molecule has 0 aliphatic carbocycles. The van der Waals surface area contributed by atoms with E-state index in [4.69, 9.17) is 17.3 Å². The number of halogens is 1. The quantitative estimate of drug-likeness (QED) is 0.789. The SMILES string of the molecule is CCC(C)CN(C)CC(=O)Nc1ccc(Cl)c(N)c1. The Bertz CT molecular complexity index is 437. The van der Waals surface area contributed by atoms with Gasteiger partial charge in [-0.3, -0.25) is 9.69 Å². The van der Waals surface area contributed by atoms with Crippen molar-refractivity contribution in [3.63, 3.8) is 0 Å². The van der Waals surface area contributed by atoms with Crippen LogP contribution in [0.25, 0.3) is 0 Å². The highest BCUT2D eigenvalue weighted by molar-refractivity contribution is 6.33. The summed E-state index contributed by atoms with van der Waals surface area (Å²) in [6.45, 7) is 5.60. The highest BCUT2D eigenvalue weighted by atomic mass is 35.5. The van der Waals surface area contributed by atoms with Crippen LogP contribution in [0.15, 0.2) is 18.2 Å². The van der Waals surface area contributed by atoms with Crippen LogP contribution in [0, 0.1) is 5.92 Å². The first kappa shape index (κ1) is 15.8. The molecule has 0 aliphatic rings. The molecule has 1 amide bonds. The van der Waals surface area contributed by atoms with Gasteiger partial charge in [0, 0.05) is 12.2 Å². The van der Waals surface area contributed by atoms with E-state index in [0.29, 0.717) is 28.9 Å². The molecule has 4 nitrogen and oxygen atoms in total. The number of nitrogens with two attached hydrogens (primary N) is 1. The fraction of sp³-hybridized carbons (Fsp3) is 0.500. The van der Waals surface area contributed by atoms with Crippen LogP contribution in [0.4, 0.5) is 11.4 Å². The zero-order valence-corrected chi connectivity index (χ0v) is 12.5. The molecule has 0 heterocycles. The van der Waals surface area contributed by atoms with Crippen molar-refractivity contribution in [2.45, 2.75) is 20.3 Å². The van der Waals surface area contributed by atoms with Crippen LogP contribution in [0.5, 0.6) is 0 Å². The maximum Gasteiger partial charge on any atom is 0.238 e. The molecule has 106 valence electrons. The molecule has 0 aromatic heterocycles. The molecule has 1 rings (SSSR count). The lowest BCUT2D eigenvalue weighted by atomic mass is 10.1. The Morgan fingerprint density at radius 2 is 2.21 bits per heavy atom. The summed E-state index contributed by atoms with van der Waals surface area (Å²) >= 11 is 5.83. The molecule has 5 heteroatoms. The number of likely N-dealkylation sites (N-methyl/N-ethyl adjacent to an activating group) is 1. The number of rotatable bonds is 6. The molecule has 0 saturated carbocycles. The number of hydrogen-bond acceptors (Lipinski definition) is 3. The molecule has 0 radical (unpaired) electrons. The lowest BCUT2D eigenvalue weighted by Gasteiger charge is -2.19. The van der Waals surface area contributed by atoms with E-state index in [-0.39, 0.29) is 5.91 Å². The number of anilines is 2. The van der Waals surface area contributed by atoms with Crippen LogP contribution < -0.4 is 11.1 Å². The minimum atomic E-state index is -0.0486. The third kappa shape index (κ3) is 5.49. The Morgan fingerprint density at radius 3 is 2.79 bits per heavy atom. The molecule has 0 bridgehead atoms. The van der Waals surface area contributed by atoms with Gasteiger partial charge in [-0.05, 0) is 31.2 Å². The molecule has 0 fully saturated rings. The molecule has 0 saturated heterocycles. The largest absolute Gasteiger partial charge is 0.397 e. The van der Waals surface area contributed by atoms with Crippen LogP contribution in [0.2, 0.25) is 5.02 Å². The van der Waals surface area contributed by atoms with Crippen LogP contribution in [-0.4, -0.2) is 30.9 Å². The van der Waals surface area contributed by atoms with Crippen molar-refractivity contribution in [3.8, 4) is 0 Å². The number of nitrogen functional groups attached to an aromatic ring is 1. The Hall–Kier alpha value is -1.26. The van der Waals surface area contributed by atoms with Crippen molar-refractivity contribution in [2.24, 2.45) is 5.92 Å². The summed E-state index contributed by atoms with van der Waals surface area (Å²) in [5.41, 5.74) is 6.82. The second kappa shape index (κ2) is 7.36. The maximum atomic E-state index is 11.9. The number of nitrogens with one attached hydrogen (secondary N) is 1. The fourth-order valence-corrected chi connectivity index (χ4v) is 1.91. The summed E-state index contributed by atoms with van der Waals surface area (Å²) in [5, 5.41) is 3.31. The van der Waals surface area contributed by atoms with Gasteiger partial charge in [0.1, 0.15) is 0 Å². The molecule has 1 aromatic rings. The minimum absolute atomic E-state index is 0.0486. The molecule has 1 atom stereocenters. The normalized spacial score (nSPS) is 12.5. The van der Waals surface area contributed by atoms with Crippen LogP contribution in [-0.2, 0) is 4.79 Å². The van der Waals surface area contributed by atoms with Crippen molar-refractivity contribution in [1.82, 2.24) is 4.90 Å². The van der Waals surface area contributed by atoms with E-state index in [1.807, 2.05) is 11.9 Å². The zero-order valence-electron chi connectivity index (χ0n) is 11.7. The first-order chi connectivity index (χ1) is 8.92.